The molecule has 2 N–H and O–H groups in total. The van der Waals surface area contributed by atoms with Crippen LogP contribution in [0.2, 0.25) is 5.02 Å². The fourth-order valence-corrected chi connectivity index (χ4v) is 2.07. The molecule has 1 rings (SSSR count). The van der Waals surface area contributed by atoms with Gasteiger partial charge in [0.1, 0.15) is 0 Å². The SMILES string of the molecule is CCCNCCc1c(C)cc(Cl)cc1C=N. The van der Waals surface area contributed by atoms with Gasteiger partial charge in [-0.15, -0.1) is 0 Å². The van der Waals surface area contributed by atoms with E-state index >= 15 is 0 Å². The molecule has 0 unspecified atom stereocenters. The normalized spacial score (nSPS) is 10.4. The monoisotopic (exact) mass is 238 g/mol. The van der Waals surface area contributed by atoms with Crippen molar-refractivity contribution in [3.63, 3.8) is 0 Å². The highest BCUT2D eigenvalue weighted by atomic mass is 35.5. The second-order valence-corrected chi connectivity index (χ2v) is 4.37. The highest BCUT2D eigenvalue weighted by Gasteiger charge is 2.05. The molecule has 0 amide bonds. The average Bonchev–Trinajstić information content (AvgIpc) is 2.26. The zero-order valence-electron chi connectivity index (χ0n) is 9.94. The quantitative estimate of drug-likeness (QED) is 0.580. The maximum absolute atomic E-state index is 7.39. The highest BCUT2D eigenvalue weighted by Crippen LogP contribution is 2.19. The summed E-state index contributed by atoms with van der Waals surface area (Å²) in [5, 5.41) is 11.5. The van der Waals surface area contributed by atoms with Crippen LogP contribution >= 0.6 is 11.6 Å². The van der Waals surface area contributed by atoms with Gasteiger partial charge in [-0.3, -0.25) is 0 Å². The summed E-state index contributed by atoms with van der Waals surface area (Å²) in [5.74, 6) is 0. The van der Waals surface area contributed by atoms with Crippen molar-refractivity contribution < 1.29 is 0 Å². The van der Waals surface area contributed by atoms with Gasteiger partial charge in [-0.2, -0.15) is 0 Å². The Labute approximate surface area is 103 Å². The van der Waals surface area contributed by atoms with Crippen molar-refractivity contribution in [2.24, 2.45) is 0 Å². The summed E-state index contributed by atoms with van der Waals surface area (Å²) in [4.78, 5) is 0. The van der Waals surface area contributed by atoms with Gasteiger partial charge in [0.25, 0.3) is 0 Å². The maximum atomic E-state index is 7.39. The van der Waals surface area contributed by atoms with Gasteiger partial charge in [0.15, 0.2) is 0 Å². The van der Waals surface area contributed by atoms with Gasteiger partial charge < -0.3 is 10.7 Å². The van der Waals surface area contributed by atoms with Crippen LogP contribution in [0.25, 0.3) is 0 Å². The Hall–Kier alpha value is -0.860. The minimum atomic E-state index is 0.710. The Morgan fingerprint density at radius 3 is 2.75 bits per heavy atom. The number of aryl methyl sites for hydroxylation is 1. The minimum absolute atomic E-state index is 0.710. The number of rotatable bonds is 6. The van der Waals surface area contributed by atoms with E-state index in [1.165, 1.54) is 17.3 Å². The molecule has 0 spiro atoms. The van der Waals surface area contributed by atoms with E-state index in [0.29, 0.717) is 5.02 Å². The molecule has 1 aromatic rings. The molecule has 0 aliphatic rings. The first-order valence-corrected chi connectivity index (χ1v) is 6.07. The molecule has 3 heteroatoms. The van der Waals surface area contributed by atoms with Gasteiger partial charge in [0, 0.05) is 11.2 Å². The van der Waals surface area contributed by atoms with Gasteiger partial charge in [-0.25, -0.2) is 0 Å². The van der Waals surface area contributed by atoms with Crippen molar-refractivity contribution in [3.8, 4) is 0 Å². The molecule has 0 heterocycles. The van der Waals surface area contributed by atoms with Crippen LogP contribution in [-0.2, 0) is 6.42 Å². The summed E-state index contributed by atoms with van der Waals surface area (Å²) in [6.45, 7) is 6.21. The molecule has 2 nitrogen and oxygen atoms in total. The van der Waals surface area contributed by atoms with Crippen LogP contribution in [0.4, 0.5) is 0 Å². The Bertz CT molecular complexity index is 361. The Balaban J connectivity index is 2.74. The number of hydrogen-bond acceptors (Lipinski definition) is 2. The van der Waals surface area contributed by atoms with Crippen LogP contribution in [0.5, 0.6) is 0 Å². The molecule has 16 heavy (non-hydrogen) atoms. The number of benzene rings is 1. The summed E-state index contributed by atoms with van der Waals surface area (Å²) in [6.07, 6.45) is 3.48. The van der Waals surface area contributed by atoms with Gasteiger partial charge in [-0.05, 0) is 61.7 Å². The molecule has 0 aliphatic heterocycles. The van der Waals surface area contributed by atoms with E-state index in [1.54, 1.807) is 0 Å². The fourth-order valence-electron chi connectivity index (χ4n) is 1.78. The maximum Gasteiger partial charge on any atom is 0.0415 e. The van der Waals surface area contributed by atoms with Gasteiger partial charge >= 0.3 is 0 Å². The second kappa shape index (κ2) is 6.66. The molecule has 0 aliphatic carbocycles. The largest absolute Gasteiger partial charge is 0.316 e. The van der Waals surface area contributed by atoms with E-state index in [1.807, 2.05) is 19.1 Å². The smallest absolute Gasteiger partial charge is 0.0415 e. The summed E-state index contributed by atoms with van der Waals surface area (Å²) in [7, 11) is 0. The minimum Gasteiger partial charge on any atom is -0.316 e. The molecule has 1 aromatic carbocycles. The van der Waals surface area contributed by atoms with Crippen LogP contribution in [-0.4, -0.2) is 19.3 Å². The lowest BCUT2D eigenvalue weighted by Crippen LogP contribution is -2.18. The van der Waals surface area contributed by atoms with Gasteiger partial charge in [0.05, 0.1) is 0 Å². The predicted octanol–water partition coefficient (Wildman–Crippen LogP) is 3.19. The Morgan fingerprint density at radius 2 is 2.12 bits per heavy atom. The first-order valence-electron chi connectivity index (χ1n) is 5.69. The van der Waals surface area contributed by atoms with Crippen LogP contribution < -0.4 is 5.32 Å². The van der Waals surface area contributed by atoms with Crippen molar-refractivity contribution in [2.75, 3.05) is 13.1 Å². The topological polar surface area (TPSA) is 35.9 Å². The van der Waals surface area contributed by atoms with Crippen LogP contribution in [0.3, 0.4) is 0 Å². The molecular weight excluding hydrogens is 220 g/mol. The van der Waals surface area contributed by atoms with Crippen molar-refractivity contribution in [3.05, 3.63) is 33.8 Å². The number of hydrogen-bond donors (Lipinski definition) is 2. The summed E-state index contributed by atoms with van der Waals surface area (Å²) >= 11 is 5.97. The molecule has 0 aromatic heterocycles. The Kier molecular flexibility index (Phi) is 5.50. The van der Waals surface area contributed by atoms with Crippen LogP contribution in [0.15, 0.2) is 12.1 Å². The fraction of sp³-hybridized carbons (Fsp3) is 0.462. The zero-order chi connectivity index (χ0) is 12.0. The molecule has 0 saturated heterocycles. The van der Waals surface area contributed by atoms with E-state index in [2.05, 4.69) is 12.2 Å². The first kappa shape index (κ1) is 13.2. The standard InChI is InChI=1S/C13H19ClN2/c1-3-5-16-6-4-13-10(2)7-12(14)8-11(13)9-15/h7-9,15-16H,3-6H2,1-2H3. The summed E-state index contributed by atoms with van der Waals surface area (Å²) in [6, 6.07) is 3.82. The lowest BCUT2D eigenvalue weighted by Gasteiger charge is -2.11. The second-order valence-electron chi connectivity index (χ2n) is 3.93. The molecular formula is C13H19ClN2. The average molecular weight is 239 g/mol. The molecule has 88 valence electrons. The number of halogens is 1. The molecule has 0 bridgehead atoms. The van der Waals surface area contributed by atoms with Gasteiger partial charge in [0.2, 0.25) is 0 Å². The van der Waals surface area contributed by atoms with E-state index in [4.69, 9.17) is 17.0 Å². The Morgan fingerprint density at radius 1 is 1.38 bits per heavy atom. The zero-order valence-corrected chi connectivity index (χ0v) is 10.7. The van der Waals surface area contributed by atoms with E-state index in [-0.39, 0.29) is 0 Å². The van der Waals surface area contributed by atoms with E-state index < -0.39 is 0 Å². The lowest BCUT2D eigenvalue weighted by molar-refractivity contribution is 0.670. The van der Waals surface area contributed by atoms with Gasteiger partial charge in [-0.1, -0.05) is 18.5 Å². The third-order valence-corrected chi connectivity index (χ3v) is 2.82. The van der Waals surface area contributed by atoms with Crippen LogP contribution in [0, 0.1) is 12.3 Å². The first-order chi connectivity index (χ1) is 7.69. The molecule has 0 saturated carbocycles. The third kappa shape index (κ3) is 3.62. The highest BCUT2D eigenvalue weighted by molar-refractivity contribution is 6.31. The molecule has 0 radical (unpaired) electrons. The number of nitrogens with one attached hydrogen (secondary N) is 2. The van der Waals surface area contributed by atoms with Crippen molar-refractivity contribution in [2.45, 2.75) is 26.7 Å². The van der Waals surface area contributed by atoms with Crippen molar-refractivity contribution >= 4 is 17.8 Å². The molecule has 0 atom stereocenters. The van der Waals surface area contributed by atoms with Crippen LogP contribution in [0.1, 0.15) is 30.0 Å². The summed E-state index contributed by atoms with van der Waals surface area (Å²) in [5.41, 5.74) is 3.33. The predicted molar refractivity (Wildman–Crippen MR) is 70.9 cm³/mol. The van der Waals surface area contributed by atoms with Crippen molar-refractivity contribution in [1.29, 1.82) is 5.41 Å². The third-order valence-electron chi connectivity index (χ3n) is 2.61. The molecule has 0 fully saturated rings. The summed E-state index contributed by atoms with van der Waals surface area (Å²) < 4.78 is 0. The van der Waals surface area contributed by atoms with Crippen molar-refractivity contribution in [1.82, 2.24) is 5.32 Å². The van der Waals surface area contributed by atoms with E-state index in [9.17, 15) is 0 Å². The lowest BCUT2D eigenvalue weighted by atomic mass is 9.99. The van der Waals surface area contributed by atoms with E-state index in [0.717, 1.165) is 31.5 Å².